The van der Waals surface area contributed by atoms with E-state index in [0.717, 1.165) is 0 Å². The molecule has 2 aromatic carbocycles. The number of hydrogen-bond acceptors (Lipinski definition) is 4. The highest BCUT2D eigenvalue weighted by Gasteiger charge is 2.26. The van der Waals surface area contributed by atoms with Gasteiger partial charge in [-0.25, -0.2) is 9.37 Å². The van der Waals surface area contributed by atoms with Crippen LogP contribution in [0.4, 0.5) is 4.39 Å². The molecule has 27 heavy (non-hydrogen) atoms. The average molecular weight is 369 g/mol. The summed E-state index contributed by atoms with van der Waals surface area (Å²) in [5.74, 6) is -0.759. The highest BCUT2D eigenvalue weighted by molar-refractivity contribution is 5.94. The van der Waals surface area contributed by atoms with E-state index >= 15 is 0 Å². The first-order chi connectivity index (χ1) is 13.0. The van der Waals surface area contributed by atoms with Crippen molar-refractivity contribution in [3.63, 3.8) is 0 Å². The zero-order chi connectivity index (χ0) is 19.4. The number of hydrogen-bond donors (Lipinski definition) is 1. The molecule has 1 heterocycles. The number of fused-ring (bicyclic) bond motifs is 1. The molecule has 6 nitrogen and oxygen atoms in total. The fourth-order valence-corrected chi connectivity index (χ4v) is 2.90. The van der Waals surface area contributed by atoms with Crippen molar-refractivity contribution in [3.05, 3.63) is 76.1 Å². The Labute approximate surface area is 155 Å². The molecule has 0 saturated carbocycles. The molecule has 1 aromatic heterocycles. The molecule has 3 aromatic rings. The third-order valence-corrected chi connectivity index (χ3v) is 4.40. The van der Waals surface area contributed by atoms with E-state index in [1.54, 1.807) is 37.3 Å². The lowest BCUT2D eigenvalue weighted by atomic mass is 10.1. The summed E-state index contributed by atoms with van der Waals surface area (Å²) < 4.78 is 19.2. The van der Waals surface area contributed by atoms with Crippen LogP contribution >= 0.6 is 0 Å². The van der Waals surface area contributed by atoms with Crippen LogP contribution in [0.2, 0.25) is 0 Å². The van der Waals surface area contributed by atoms with Crippen molar-refractivity contribution in [3.8, 4) is 0 Å². The third-order valence-electron chi connectivity index (χ3n) is 4.40. The van der Waals surface area contributed by atoms with Gasteiger partial charge in [0.05, 0.1) is 29.1 Å². The maximum Gasteiger partial charge on any atom is 0.258 e. The van der Waals surface area contributed by atoms with Crippen LogP contribution in [0.15, 0.2) is 53.3 Å². The first-order valence-corrected chi connectivity index (χ1v) is 8.56. The standard InChI is InChI=1S/C20H20FN3O3/c1-13(18-22-17-10-6-4-8-15(17)19(25)23-18)24(11-12-27-2)20(26)14-7-3-5-9-16(14)21/h3-10,13H,11-12H2,1-2H3,(H,22,23,25). The Morgan fingerprint density at radius 2 is 1.93 bits per heavy atom. The number of carbonyl (C=O) groups excluding carboxylic acids is 1. The zero-order valence-corrected chi connectivity index (χ0v) is 15.1. The minimum atomic E-state index is -0.600. The number of ether oxygens (including phenoxy) is 1. The summed E-state index contributed by atoms with van der Waals surface area (Å²) in [7, 11) is 1.52. The molecule has 3 rings (SSSR count). The summed E-state index contributed by atoms with van der Waals surface area (Å²) in [6.45, 7) is 2.23. The van der Waals surface area contributed by atoms with Gasteiger partial charge in [0.2, 0.25) is 0 Å². The van der Waals surface area contributed by atoms with Gasteiger partial charge in [0, 0.05) is 13.7 Å². The molecule has 0 radical (unpaired) electrons. The minimum absolute atomic E-state index is 0.0383. The molecule has 0 fully saturated rings. The average Bonchev–Trinajstić information content (AvgIpc) is 2.68. The fraction of sp³-hybridized carbons (Fsp3) is 0.250. The molecule has 0 bridgehead atoms. The normalized spacial score (nSPS) is 12.1. The van der Waals surface area contributed by atoms with E-state index in [-0.39, 0.29) is 24.3 Å². The predicted molar refractivity (Wildman–Crippen MR) is 100 cm³/mol. The topological polar surface area (TPSA) is 75.3 Å². The van der Waals surface area contributed by atoms with Gasteiger partial charge in [0.1, 0.15) is 11.6 Å². The molecule has 1 unspecified atom stereocenters. The zero-order valence-electron chi connectivity index (χ0n) is 15.1. The van der Waals surface area contributed by atoms with Crippen molar-refractivity contribution < 1.29 is 13.9 Å². The Hall–Kier alpha value is -3.06. The van der Waals surface area contributed by atoms with Crippen molar-refractivity contribution >= 4 is 16.8 Å². The molecule has 0 aliphatic carbocycles. The van der Waals surface area contributed by atoms with Gasteiger partial charge in [0.25, 0.3) is 11.5 Å². The number of aromatic amines is 1. The number of para-hydroxylation sites is 1. The van der Waals surface area contributed by atoms with Crippen molar-refractivity contribution in [1.82, 2.24) is 14.9 Å². The quantitative estimate of drug-likeness (QED) is 0.725. The van der Waals surface area contributed by atoms with Crippen LogP contribution in [0.25, 0.3) is 10.9 Å². The fourth-order valence-electron chi connectivity index (χ4n) is 2.90. The van der Waals surface area contributed by atoms with Crippen LogP contribution in [0.1, 0.15) is 29.1 Å². The molecule has 0 spiro atoms. The third kappa shape index (κ3) is 3.88. The number of benzene rings is 2. The number of aromatic nitrogens is 2. The highest BCUT2D eigenvalue weighted by atomic mass is 19.1. The molecule has 1 amide bonds. The highest BCUT2D eigenvalue weighted by Crippen LogP contribution is 2.21. The van der Waals surface area contributed by atoms with Crippen molar-refractivity contribution in [1.29, 1.82) is 0 Å². The van der Waals surface area contributed by atoms with Gasteiger partial charge in [-0.3, -0.25) is 9.59 Å². The second-order valence-corrected chi connectivity index (χ2v) is 6.12. The Kier molecular flexibility index (Phi) is 5.61. The number of nitrogens with one attached hydrogen (secondary N) is 1. The largest absolute Gasteiger partial charge is 0.383 e. The van der Waals surface area contributed by atoms with Crippen molar-refractivity contribution in [2.24, 2.45) is 0 Å². The van der Waals surface area contributed by atoms with Gasteiger partial charge in [-0.1, -0.05) is 24.3 Å². The maximum atomic E-state index is 14.1. The summed E-state index contributed by atoms with van der Waals surface area (Å²) in [5, 5.41) is 0.470. The Balaban J connectivity index is 2.01. The van der Waals surface area contributed by atoms with E-state index in [4.69, 9.17) is 4.74 Å². The monoisotopic (exact) mass is 369 g/mol. The Bertz CT molecular complexity index is 1020. The van der Waals surface area contributed by atoms with E-state index in [1.807, 2.05) is 0 Å². The number of H-pyrrole nitrogens is 1. The first kappa shape index (κ1) is 18.7. The van der Waals surface area contributed by atoms with Gasteiger partial charge in [0.15, 0.2) is 0 Å². The van der Waals surface area contributed by atoms with E-state index in [0.29, 0.717) is 16.7 Å². The first-order valence-electron chi connectivity index (χ1n) is 8.56. The second kappa shape index (κ2) is 8.09. The number of methoxy groups -OCH3 is 1. The molecule has 7 heteroatoms. The lowest BCUT2D eigenvalue weighted by Crippen LogP contribution is -2.38. The number of halogens is 1. The Morgan fingerprint density at radius 3 is 2.67 bits per heavy atom. The molecule has 0 aliphatic rings. The molecular formula is C20H20FN3O3. The van der Waals surface area contributed by atoms with Gasteiger partial charge in [-0.2, -0.15) is 0 Å². The van der Waals surface area contributed by atoms with E-state index < -0.39 is 17.8 Å². The number of amides is 1. The van der Waals surface area contributed by atoms with Gasteiger partial charge in [-0.15, -0.1) is 0 Å². The lowest BCUT2D eigenvalue weighted by Gasteiger charge is -2.28. The number of carbonyl (C=O) groups is 1. The van der Waals surface area contributed by atoms with Gasteiger partial charge in [-0.05, 0) is 31.2 Å². The van der Waals surface area contributed by atoms with Crippen LogP contribution in [0.5, 0.6) is 0 Å². The summed E-state index contributed by atoms with van der Waals surface area (Å²) in [5.41, 5.74) is 0.212. The molecule has 1 N–H and O–H groups in total. The lowest BCUT2D eigenvalue weighted by molar-refractivity contribution is 0.0603. The predicted octanol–water partition coefficient (Wildman–Crippen LogP) is 2.91. The van der Waals surface area contributed by atoms with Crippen molar-refractivity contribution in [2.45, 2.75) is 13.0 Å². The summed E-state index contributed by atoms with van der Waals surface area (Å²) in [6, 6.07) is 12.2. The summed E-state index contributed by atoms with van der Waals surface area (Å²) in [6.07, 6.45) is 0. The van der Waals surface area contributed by atoms with Crippen molar-refractivity contribution in [2.75, 3.05) is 20.3 Å². The summed E-state index contributed by atoms with van der Waals surface area (Å²) >= 11 is 0. The number of rotatable bonds is 6. The SMILES string of the molecule is COCCN(C(=O)c1ccccc1F)C(C)c1nc2ccccc2c(=O)[nH]1. The van der Waals surface area contributed by atoms with Crippen LogP contribution in [-0.4, -0.2) is 41.0 Å². The van der Waals surface area contributed by atoms with Crippen LogP contribution < -0.4 is 5.56 Å². The molecular weight excluding hydrogens is 349 g/mol. The molecule has 0 aliphatic heterocycles. The second-order valence-electron chi connectivity index (χ2n) is 6.12. The van der Waals surface area contributed by atoms with E-state index in [9.17, 15) is 14.0 Å². The van der Waals surface area contributed by atoms with E-state index in [2.05, 4.69) is 9.97 Å². The minimum Gasteiger partial charge on any atom is -0.383 e. The smallest absolute Gasteiger partial charge is 0.258 e. The van der Waals surface area contributed by atoms with Crippen LogP contribution in [0.3, 0.4) is 0 Å². The van der Waals surface area contributed by atoms with E-state index in [1.165, 1.54) is 30.2 Å². The molecule has 1 atom stereocenters. The Morgan fingerprint density at radius 1 is 1.22 bits per heavy atom. The molecule has 0 saturated heterocycles. The van der Waals surface area contributed by atoms with Gasteiger partial charge < -0.3 is 14.6 Å². The van der Waals surface area contributed by atoms with Crippen LogP contribution in [0, 0.1) is 5.82 Å². The van der Waals surface area contributed by atoms with Gasteiger partial charge >= 0.3 is 0 Å². The number of nitrogens with zero attached hydrogens (tertiary/aromatic N) is 2. The molecule has 140 valence electrons. The van der Waals surface area contributed by atoms with Crippen LogP contribution in [-0.2, 0) is 4.74 Å². The maximum absolute atomic E-state index is 14.1. The summed E-state index contributed by atoms with van der Waals surface area (Å²) in [4.78, 5) is 33.9.